The van der Waals surface area contributed by atoms with Crippen LogP contribution in [0.25, 0.3) is 0 Å². The van der Waals surface area contributed by atoms with Crippen LogP contribution in [0, 0.1) is 11.3 Å². The van der Waals surface area contributed by atoms with Crippen molar-refractivity contribution in [2.45, 2.75) is 45.6 Å². The SMILES string of the molecule is CC(C)(C)OC(=O)Nc1nc2c(cc1C#N)CCC2. The molecule has 5 nitrogen and oxygen atoms in total. The van der Waals surface area contributed by atoms with Gasteiger partial charge in [0, 0.05) is 5.69 Å². The Morgan fingerprint density at radius 3 is 2.84 bits per heavy atom. The van der Waals surface area contributed by atoms with E-state index in [1.165, 1.54) is 0 Å². The molecule has 0 bridgehead atoms. The van der Waals surface area contributed by atoms with Crippen molar-refractivity contribution in [3.8, 4) is 6.07 Å². The van der Waals surface area contributed by atoms with Crippen LogP contribution in [-0.4, -0.2) is 16.7 Å². The third-order valence-corrected chi connectivity index (χ3v) is 2.79. The summed E-state index contributed by atoms with van der Waals surface area (Å²) in [6.45, 7) is 5.36. The molecule has 0 saturated heterocycles. The van der Waals surface area contributed by atoms with Crippen molar-refractivity contribution in [2.75, 3.05) is 5.32 Å². The average Bonchev–Trinajstić information content (AvgIpc) is 2.72. The molecule has 0 fully saturated rings. The summed E-state index contributed by atoms with van der Waals surface area (Å²) in [6.07, 6.45) is 2.30. The number of hydrogen-bond donors (Lipinski definition) is 1. The van der Waals surface area contributed by atoms with Crippen molar-refractivity contribution in [1.29, 1.82) is 5.26 Å². The fraction of sp³-hybridized carbons (Fsp3) is 0.500. The van der Waals surface area contributed by atoms with Crippen molar-refractivity contribution in [3.63, 3.8) is 0 Å². The maximum atomic E-state index is 11.7. The molecule has 1 aromatic rings. The Morgan fingerprint density at radius 1 is 1.47 bits per heavy atom. The quantitative estimate of drug-likeness (QED) is 0.841. The number of carbonyl (C=O) groups excluding carboxylic acids is 1. The van der Waals surface area contributed by atoms with E-state index in [-0.39, 0.29) is 5.82 Å². The van der Waals surface area contributed by atoms with E-state index in [9.17, 15) is 4.79 Å². The minimum Gasteiger partial charge on any atom is -0.444 e. The maximum absolute atomic E-state index is 11.7. The molecular formula is C14H17N3O2. The van der Waals surface area contributed by atoms with Crippen LogP contribution in [0.2, 0.25) is 0 Å². The Labute approximate surface area is 112 Å². The number of nitrogens with one attached hydrogen (secondary N) is 1. The lowest BCUT2D eigenvalue weighted by atomic mass is 10.1. The lowest BCUT2D eigenvalue weighted by Gasteiger charge is -2.19. The summed E-state index contributed by atoms with van der Waals surface area (Å²) in [4.78, 5) is 16.1. The van der Waals surface area contributed by atoms with Crippen LogP contribution >= 0.6 is 0 Å². The topological polar surface area (TPSA) is 75.0 Å². The Morgan fingerprint density at radius 2 is 2.21 bits per heavy atom. The van der Waals surface area contributed by atoms with Gasteiger partial charge in [-0.1, -0.05) is 0 Å². The van der Waals surface area contributed by atoms with E-state index in [2.05, 4.69) is 16.4 Å². The summed E-state index contributed by atoms with van der Waals surface area (Å²) in [7, 11) is 0. The zero-order valence-corrected chi connectivity index (χ0v) is 11.4. The first kappa shape index (κ1) is 13.3. The summed E-state index contributed by atoms with van der Waals surface area (Å²) >= 11 is 0. The van der Waals surface area contributed by atoms with E-state index in [4.69, 9.17) is 10.00 Å². The molecule has 19 heavy (non-hydrogen) atoms. The highest BCUT2D eigenvalue weighted by atomic mass is 16.6. The van der Waals surface area contributed by atoms with Gasteiger partial charge >= 0.3 is 6.09 Å². The first-order valence-electron chi connectivity index (χ1n) is 6.32. The maximum Gasteiger partial charge on any atom is 0.413 e. The number of anilines is 1. The molecule has 5 heteroatoms. The Kier molecular flexibility index (Phi) is 3.43. The van der Waals surface area contributed by atoms with Crippen LogP contribution in [0.1, 0.15) is 44.0 Å². The van der Waals surface area contributed by atoms with E-state index in [0.29, 0.717) is 5.56 Å². The number of aromatic nitrogens is 1. The Hall–Kier alpha value is -2.09. The first-order chi connectivity index (χ1) is 8.89. The van der Waals surface area contributed by atoms with Crippen LogP contribution in [0.15, 0.2) is 6.07 Å². The van der Waals surface area contributed by atoms with E-state index in [0.717, 1.165) is 30.5 Å². The highest BCUT2D eigenvalue weighted by molar-refractivity contribution is 5.85. The second-order valence-electron chi connectivity index (χ2n) is 5.58. The van der Waals surface area contributed by atoms with Crippen LogP contribution in [0.4, 0.5) is 10.6 Å². The Bertz CT molecular complexity index is 553. The molecule has 0 spiro atoms. The van der Waals surface area contributed by atoms with Gasteiger partial charge in [0.1, 0.15) is 11.7 Å². The highest BCUT2D eigenvalue weighted by Crippen LogP contribution is 2.25. The monoisotopic (exact) mass is 259 g/mol. The van der Waals surface area contributed by atoms with E-state index in [1.54, 1.807) is 20.8 Å². The van der Waals surface area contributed by atoms with Gasteiger partial charge in [-0.05, 0) is 51.7 Å². The minimum atomic E-state index is -0.588. The summed E-state index contributed by atoms with van der Waals surface area (Å²) in [5.74, 6) is 0.289. The number of hydrogen-bond acceptors (Lipinski definition) is 4. The fourth-order valence-electron chi connectivity index (χ4n) is 2.05. The van der Waals surface area contributed by atoms with Gasteiger partial charge in [-0.25, -0.2) is 9.78 Å². The van der Waals surface area contributed by atoms with E-state index >= 15 is 0 Å². The minimum absolute atomic E-state index is 0.289. The predicted molar refractivity (Wildman–Crippen MR) is 70.8 cm³/mol. The second-order valence-corrected chi connectivity index (χ2v) is 5.58. The number of nitriles is 1. The summed E-state index contributed by atoms with van der Waals surface area (Å²) in [6, 6.07) is 3.87. The normalized spacial score (nSPS) is 13.6. The Balaban J connectivity index is 2.21. The number of fused-ring (bicyclic) bond motifs is 1. The lowest BCUT2D eigenvalue weighted by Crippen LogP contribution is -2.27. The third-order valence-electron chi connectivity index (χ3n) is 2.79. The van der Waals surface area contributed by atoms with Crippen LogP contribution in [0.5, 0.6) is 0 Å². The fourth-order valence-corrected chi connectivity index (χ4v) is 2.05. The predicted octanol–water partition coefficient (Wildman–Crippen LogP) is 2.79. The van der Waals surface area contributed by atoms with E-state index in [1.807, 2.05) is 6.07 Å². The number of amides is 1. The van der Waals surface area contributed by atoms with Gasteiger partial charge < -0.3 is 4.74 Å². The highest BCUT2D eigenvalue weighted by Gasteiger charge is 2.20. The number of nitrogens with zero attached hydrogens (tertiary/aromatic N) is 2. The molecule has 0 aromatic carbocycles. The zero-order chi connectivity index (χ0) is 14.0. The molecule has 100 valence electrons. The summed E-state index contributed by atoms with van der Waals surface area (Å²) < 4.78 is 5.16. The van der Waals surface area contributed by atoms with Crippen LogP contribution < -0.4 is 5.32 Å². The molecule has 0 saturated carbocycles. The lowest BCUT2D eigenvalue weighted by molar-refractivity contribution is 0.0635. The van der Waals surface area contributed by atoms with Gasteiger partial charge in [0.15, 0.2) is 5.82 Å². The molecule has 1 aliphatic carbocycles. The summed E-state index contributed by atoms with van der Waals surface area (Å²) in [5.41, 5.74) is 1.87. The average molecular weight is 259 g/mol. The van der Waals surface area contributed by atoms with Gasteiger partial charge in [-0.3, -0.25) is 5.32 Å². The number of aryl methyl sites for hydroxylation is 2. The molecule has 0 atom stereocenters. The van der Waals surface area contributed by atoms with Crippen molar-refractivity contribution < 1.29 is 9.53 Å². The standard InChI is InChI=1S/C14H17N3O2/c1-14(2,3)19-13(18)17-12-10(8-15)7-9-5-4-6-11(9)16-12/h7H,4-6H2,1-3H3,(H,16,17,18). The molecule has 1 N–H and O–H groups in total. The largest absolute Gasteiger partial charge is 0.444 e. The first-order valence-corrected chi connectivity index (χ1v) is 6.32. The van der Waals surface area contributed by atoms with Gasteiger partial charge in [0.2, 0.25) is 0 Å². The molecule has 1 aromatic heterocycles. The van der Waals surface area contributed by atoms with Gasteiger partial charge in [0.25, 0.3) is 0 Å². The second kappa shape index (κ2) is 4.88. The number of carbonyl (C=O) groups is 1. The molecule has 1 heterocycles. The zero-order valence-electron chi connectivity index (χ0n) is 11.4. The molecule has 2 rings (SSSR count). The number of rotatable bonds is 1. The number of ether oxygens (including phenoxy) is 1. The van der Waals surface area contributed by atoms with Crippen LogP contribution in [0.3, 0.4) is 0 Å². The smallest absolute Gasteiger partial charge is 0.413 e. The number of pyridine rings is 1. The van der Waals surface area contributed by atoms with Gasteiger partial charge in [0.05, 0.1) is 5.56 Å². The molecule has 1 amide bonds. The van der Waals surface area contributed by atoms with Crippen LogP contribution in [-0.2, 0) is 17.6 Å². The van der Waals surface area contributed by atoms with Crippen molar-refractivity contribution in [1.82, 2.24) is 4.98 Å². The summed E-state index contributed by atoms with van der Waals surface area (Å²) in [5, 5.41) is 11.7. The van der Waals surface area contributed by atoms with Crippen molar-refractivity contribution >= 4 is 11.9 Å². The van der Waals surface area contributed by atoms with Gasteiger partial charge in [-0.2, -0.15) is 5.26 Å². The van der Waals surface area contributed by atoms with Crippen molar-refractivity contribution in [2.24, 2.45) is 0 Å². The van der Waals surface area contributed by atoms with E-state index < -0.39 is 11.7 Å². The molecule has 0 aliphatic heterocycles. The molecule has 0 unspecified atom stereocenters. The van der Waals surface area contributed by atoms with Crippen molar-refractivity contribution in [3.05, 3.63) is 22.9 Å². The third kappa shape index (κ3) is 3.22. The molecule has 0 radical (unpaired) electrons. The molecular weight excluding hydrogens is 242 g/mol. The molecule has 1 aliphatic rings. The van der Waals surface area contributed by atoms with Gasteiger partial charge in [-0.15, -0.1) is 0 Å².